The van der Waals surface area contributed by atoms with Gasteiger partial charge in [-0.15, -0.1) is 11.3 Å². The molecule has 5 nitrogen and oxygen atoms in total. The van der Waals surface area contributed by atoms with Gasteiger partial charge in [-0.05, 0) is 43.2 Å². The summed E-state index contributed by atoms with van der Waals surface area (Å²) < 4.78 is 5.05. The van der Waals surface area contributed by atoms with Crippen molar-refractivity contribution in [3.05, 3.63) is 45.6 Å². The molecule has 2 rings (SSSR count). The predicted octanol–water partition coefficient (Wildman–Crippen LogP) is 3.28. The Morgan fingerprint density at radius 2 is 1.96 bits per heavy atom. The van der Waals surface area contributed by atoms with Crippen molar-refractivity contribution in [3.63, 3.8) is 0 Å². The zero-order valence-corrected chi connectivity index (χ0v) is 15.2. The number of rotatable bonds is 7. The van der Waals surface area contributed by atoms with Gasteiger partial charge in [0.05, 0.1) is 20.2 Å². The van der Waals surface area contributed by atoms with Crippen molar-refractivity contribution >= 4 is 17.3 Å². The molecule has 0 aliphatic heterocycles. The van der Waals surface area contributed by atoms with Crippen LogP contribution in [-0.4, -0.2) is 24.7 Å². The first kappa shape index (κ1) is 18.1. The molecule has 2 aromatic rings. The Labute approximate surface area is 147 Å². The van der Waals surface area contributed by atoms with Gasteiger partial charge in [0, 0.05) is 16.3 Å². The van der Waals surface area contributed by atoms with Gasteiger partial charge in [0.25, 0.3) is 0 Å². The lowest BCUT2D eigenvalue weighted by Gasteiger charge is -2.11. The summed E-state index contributed by atoms with van der Waals surface area (Å²) in [6.07, 6.45) is 1.07. The van der Waals surface area contributed by atoms with Crippen LogP contribution >= 0.6 is 11.3 Å². The fourth-order valence-corrected chi connectivity index (χ4v) is 3.12. The summed E-state index contributed by atoms with van der Waals surface area (Å²) in [7, 11) is 1.54. The van der Waals surface area contributed by atoms with Crippen molar-refractivity contribution in [2.45, 2.75) is 33.4 Å². The van der Waals surface area contributed by atoms with Gasteiger partial charge in [-0.2, -0.15) is 0 Å². The summed E-state index contributed by atoms with van der Waals surface area (Å²) >= 11 is 1.82. The van der Waals surface area contributed by atoms with E-state index in [-0.39, 0.29) is 5.75 Å². The standard InChI is InChI=1S/C18H25N3O2S/c1-4-14-7-8-15(24-14)12-21-18(19-5-2)20-11-13-6-9-17(23-3)16(22)10-13/h6-10,22H,4-5,11-12H2,1-3H3,(H2,19,20,21). The molecule has 0 atom stereocenters. The SMILES string of the molecule is CCNC(=NCc1ccc(OC)c(O)c1)NCc1ccc(CC)s1. The van der Waals surface area contributed by atoms with Crippen LogP contribution in [0, 0.1) is 0 Å². The number of hydrogen-bond donors (Lipinski definition) is 3. The first-order valence-corrected chi connectivity index (χ1v) is 8.93. The molecule has 3 N–H and O–H groups in total. The molecule has 0 radical (unpaired) electrons. The summed E-state index contributed by atoms with van der Waals surface area (Å²) in [5, 5.41) is 16.4. The monoisotopic (exact) mass is 347 g/mol. The van der Waals surface area contributed by atoms with Gasteiger partial charge in [0.2, 0.25) is 0 Å². The lowest BCUT2D eigenvalue weighted by atomic mass is 10.2. The molecule has 0 saturated heterocycles. The molecule has 1 heterocycles. The number of methoxy groups -OCH3 is 1. The van der Waals surface area contributed by atoms with E-state index in [9.17, 15) is 5.11 Å². The molecule has 0 aliphatic rings. The molecular weight excluding hydrogens is 322 g/mol. The highest BCUT2D eigenvalue weighted by Crippen LogP contribution is 2.26. The number of aryl methyl sites for hydroxylation is 1. The molecule has 1 aromatic heterocycles. The zero-order chi connectivity index (χ0) is 17.4. The number of phenolic OH excluding ortho intramolecular Hbond substituents is 1. The third-order valence-corrected chi connectivity index (χ3v) is 4.73. The van der Waals surface area contributed by atoms with E-state index in [0.717, 1.165) is 31.0 Å². The van der Waals surface area contributed by atoms with Crippen LogP contribution in [0.25, 0.3) is 0 Å². The molecule has 0 amide bonds. The van der Waals surface area contributed by atoms with Crippen molar-refractivity contribution in [2.75, 3.05) is 13.7 Å². The van der Waals surface area contributed by atoms with Crippen molar-refractivity contribution in [2.24, 2.45) is 4.99 Å². The number of aliphatic imine (C=N–C) groups is 1. The largest absolute Gasteiger partial charge is 0.504 e. The molecular formula is C18H25N3O2S. The van der Waals surface area contributed by atoms with Gasteiger partial charge >= 0.3 is 0 Å². The van der Waals surface area contributed by atoms with Crippen LogP contribution in [0.2, 0.25) is 0 Å². The third-order valence-electron chi connectivity index (χ3n) is 3.50. The van der Waals surface area contributed by atoms with E-state index in [2.05, 4.69) is 34.7 Å². The molecule has 0 aliphatic carbocycles. The molecule has 130 valence electrons. The number of phenols is 1. The van der Waals surface area contributed by atoms with Crippen LogP contribution in [0.15, 0.2) is 35.3 Å². The number of hydrogen-bond acceptors (Lipinski definition) is 4. The second-order valence-corrected chi connectivity index (χ2v) is 6.53. The lowest BCUT2D eigenvalue weighted by molar-refractivity contribution is 0.373. The van der Waals surface area contributed by atoms with Crippen LogP contribution in [0.4, 0.5) is 0 Å². The maximum Gasteiger partial charge on any atom is 0.191 e. The summed E-state index contributed by atoms with van der Waals surface area (Å²) in [6, 6.07) is 9.66. The zero-order valence-electron chi connectivity index (χ0n) is 14.4. The van der Waals surface area contributed by atoms with E-state index in [1.165, 1.54) is 16.9 Å². The van der Waals surface area contributed by atoms with E-state index in [1.54, 1.807) is 12.1 Å². The minimum absolute atomic E-state index is 0.133. The molecule has 1 aromatic carbocycles. The van der Waals surface area contributed by atoms with Gasteiger partial charge in [-0.3, -0.25) is 0 Å². The Kier molecular flexibility index (Phi) is 6.93. The van der Waals surface area contributed by atoms with Gasteiger partial charge in [0.1, 0.15) is 0 Å². The number of aromatic hydroxyl groups is 1. The van der Waals surface area contributed by atoms with Crippen LogP contribution < -0.4 is 15.4 Å². The Bertz CT molecular complexity index is 683. The van der Waals surface area contributed by atoms with Crippen LogP contribution in [0.1, 0.15) is 29.2 Å². The Morgan fingerprint density at radius 1 is 1.17 bits per heavy atom. The average molecular weight is 347 g/mol. The summed E-state index contributed by atoms with van der Waals surface area (Å²) in [5.41, 5.74) is 0.926. The topological polar surface area (TPSA) is 65.9 Å². The summed E-state index contributed by atoms with van der Waals surface area (Å²) in [5.74, 6) is 1.37. The van der Waals surface area contributed by atoms with E-state index in [0.29, 0.717) is 12.3 Å². The molecule has 24 heavy (non-hydrogen) atoms. The van der Waals surface area contributed by atoms with Crippen molar-refractivity contribution in [1.29, 1.82) is 0 Å². The number of ether oxygens (including phenoxy) is 1. The quantitative estimate of drug-likeness (QED) is 0.531. The number of guanidine groups is 1. The molecule has 0 spiro atoms. The lowest BCUT2D eigenvalue weighted by Crippen LogP contribution is -2.36. The molecule has 0 saturated carbocycles. The smallest absolute Gasteiger partial charge is 0.191 e. The second-order valence-electron chi connectivity index (χ2n) is 5.28. The fraction of sp³-hybridized carbons (Fsp3) is 0.389. The molecule has 6 heteroatoms. The van der Waals surface area contributed by atoms with Crippen LogP contribution in [0.3, 0.4) is 0 Å². The average Bonchev–Trinajstić information content (AvgIpc) is 3.05. The van der Waals surface area contributed by atoms with Gasteiger partial charge in [-0.1, -0.05) is 13.0 Å². The van der Waals surface area contributed by atoms with E-state index in [4.69, 9.17) is 4.74 Å². The first-order chi connectivity index (χ1) is 11.7. The number of thiophene rings is 1. The minimum atomic E-state index is 0.133. The van der Waals surface area contributed by atoms with Gasteiger partial charge < -0.3 is 20.5 Å². The fourth-order valence-electron chi connectivity index (χ4n) is 2.22. The number of nitrogens with one attached hydrogen (secondary N) is 2. The first-order valence-electron chi connectivity index (χ1n) is 8.11. The normalized spacial score (nSPS) is 11.4. The minimum Gasteiger partial charge on any atom is -0.504 e. The predicted molar refractivity (Wildman–Crippen MR) is 100 cm³/mol. The third kappa shape index (κ3) is 5.16. The Balaban J connectivity index is 1.98. The highest BCUT2D eigenvalue weighted by Gasteiger charge is 2.04. The van der Waals surface area contributed by atoms with Crippen LogP contribution in [0.5, 0.6) is 11.5 Å². The Morgan fingerprint density at radius 3 is 2.58 bits per heavy atom. The molecule has 0 bridgehead atoms. The second kappa shape index (κ2) is 9.17. The number of nitrogens with zero attached hydrogens (tertiary/aromatic N) is 1. The van der Waals surface area contributed by atoms with Crippen molar-refractivity contribution in [3.8, 4) is 11.5 Å². The molecule has 0 unspecified atom stereocenters. The Hall–Kier alpha value is -2.21. The maximum atomic E-state index is 9.83. The summed E-state index contributed by atoms with van der Waals surface area (Å²) in [4.78, 5) is 7.25. The van der Waals surface area contributed by atoms with E-state index >= 15 is 0 Å². The highest BCUT2D eigenvalue weighted by molar-refractivity contribution is 7.11. The van der Waals surface area contributed by atoms with Crippen molar-refractivity contribution in [1.82, 2.24) is 10.6 Å². The van der Waals surface area contributed by atoms with Gasteiger partial charge in [0.15, 0.2) is 17.5 Å². The van der Waals surface area contributed by atoms with Crippen molar-refractivity contribution < 1.29 is 9.84 Å². The highest BCUT2D eigenvalue weighted by atomic mass is 32.1. The molecule has 0 fully saturated rings. The number of benzene rings is 1. The maximum absolute atomic E-state index is 9.83. The van der Waals surface area contributed by atoms with Crippen LogP contribution in [-0.2, 0) is 19.5 Å². The summed E-state index contributed by atoms with van der Waals surface area (Å²) in [6.45, 7) is 6.24. The van der Waals surface area contributed by atoms with Gasteiger partial charge in [-0.25, -0.2) is 4.99 Å². The van der Waals surface area contributed by atoms with E-state index in [1.807, 2.05) is 24.3 Å². The van der Waals surface area contributed by atoms with E-state index < -0.39 is 0 Å².